The number of nitrogens with zero attached hydrogens (tertiary/aromatic N) is 1. The van der Waals surface area contributed by atoms with E-state index in [1.807, 2.05) is 44.2 Å². The molecule has 126 valence electrons. The molecular formula is C20H24N2OS. The van der Waals surface area contributed by atoms with E-state index >= 15 is 0 Å². The van der Waals surface area contributed by atoms with E-state index in [-0.39, 0.29) is 11.2 Å². The second-order valence-corrected chi connectivity index (χ2v) is 7.44. The maximum Gasteiger partial charge on any atom is 0.253 e. The van der Waals surface area contributed by atoms with Crippen molar-refractivity contribution in [1.82, 2.24) is 5.43 Å². The summed E-state index contributed by atoms with van der Waals surface area (Å²) in [6.45, 7) is 10.2. The van der Waals surface area contributed by atoms with Crippen LogP contribution < -0.4 is 5.43 Å². The molecule has 1 atom stereocenters. The molecule has 0 saturated heterocycles. The average molecular weight is 340 g/mol. The van der Waals surface area contributed by atoms with Crippen molar-refractivity contribution in [3.63, 3.8) is 0 Å². The Kier molecular flexibility index (Phi) is 6.21. The molecule has 2 rings (SSSR count). The smallest absolute Gasteiger partial charge is 0.253 e. The lowest BCUT2D eigenvalue weighted by Gasteiger charge is -2.10. The maximum atomic E-state index is 12.2. The molecule has 3 nitrogen and oxygen atoms in total. The summed E-state index contributed by atoms with van der Waals surface area (Å²) in [6, 6.07) is 12.3. The van der Waals surface area contributed by atoms with Gasteiger partial charge in [-0.25, -0.2) is 5.43 Å². The fourth-order valence-electron chi connectivity index (χ4n) is 2.25. The first kappa shape index (κ1) is 18.3. The highest BCUT2D eigenvalue weighted by atomic mass is 32.2. The Morgan fingerprint density at radius 2 is 1.71 bits per heavy atom. The first-order chi connectivity index (χ1) is 11.4. The molecule has 1 amide bonds. The van der Waals surface area contributed by atoms with Gasteiger partial charge in [-0.15, -0.1) is 11.8 Å². The topological polar surface area (TPSA) is 41.5 Å². The van der Waals surface area contributed by atoms with Gasteiger partial charge in [0, 0.05) is 4.90 Å². The maximum absolute atomic E-state index is 12.2. The molecule has 4 heteroatoms. The molecule has 0 radical (unpaired) electrons. The summed E-state index contributed by atoms with van der Waals surface area (Å²) in [7, 11) is 0. The highest BCUT2D eigenvalue weighted by molar-refractivity contribution is 8.00. The Morgan fingerprint density at radius 3 is 2.38 bits per heavy atom. The van der Waals surface area contributed by atoms with E-state index in [0.29, 0.717) is 0 Å². The first-order valence-electron chi connectivity index (χ1n) is 8.01. The zero-order valence-corrected chi connectivity index (χ0v) is 15.7. The van der Waals surface area contributed by atoms with Crippen LogP contribution in [0.25, 0.3) is 0 Å². The van der Waals surface area contributed by atoms with Crippen molar-refractivity contribution >= 4 is 23.9 Å². The summed E-state index contributed by atoms with van der Waals surface area (Å²) in [5, 5.41) is 3.91. The standard InChI is InChI=1S/C20H24N2OS/c1-13-6-10-19(11-7-13)24-17(5)20(23)22-21-12-18-9-8-14(2)15(3)16(18)4/h6-12,17H,1-5H3,(H,22,23)/b21-12-/t17-/m1/s1. The van der Waals surface area contributed by atoms with Crippen LogP contribution in [-0.2, 0) is 4.79 Å². The number of aryl methyl sites for hydroxylation is 2. The molecule has 2 aromatic carbocycles. The first-order valence-corrected chi connectivity index (χ1v) is 8.89. The van der Waals surface area contributed by atoms with Gasteiger partial charge in [0.15, 0.2) is 0 Å². The van der Waals surface area contributed by atoms with Gasteiger partial charge in [0.05, 0.1) is 11.5 Å². The second kappa shape index (κ2) is 8.15. The van der Waals surface area contributed by atoms with Crippen molar-refractivity contribution in [2.24, 2.45) is 5.10 Å². The third-order valence-electron chi connectivity index (χ3n) is 4.18. The van der Waals surface area contributed by atoms with E-state index in [4.69, 9.17) is 0 Å². The minimum Gasteiger partial charge on any atom is -0.272 e. The lowest BCUT2D eigenvalue weighted by molar-refractivity contribution is -0.120. The molecular weight excluding hydrogens is 316 g/mol. The zero-order valence-electron chi connectivity index (χ0n) is 14.9. The van der Waals surface area contributed by atoms with Crippen molar-refractivity contribution < 1.29 is 4.79 Å². The van der Waals surface area contributed by atoms with Crippen LogP contribution in [0.1, 0.15) is 34.7 Å². The average Bonchev–Trinajstić information content (AvgIpc) is 2.56. The van der Waals surface area contributed by atoms with Crippen LogP contribution in [0.3, 0.4) is 0 Å². The summed E-state index contributed by atoms with van der Waals surface area (Å²) >= 11 is 1.53. The van der Waals surface area contributed by atoms with Gasteiger partial charge in [0.2, 0.25) is 0 Å². The molecule has 2 aromatic rings. The summed E-state index contributed by atoms with van der Waals surface area (Å²) in [5.41, 5.74) is 8.58. The van der Waals surface area contributed by atoms with Crippen LogP contribution >= 0.6 is 11.8 Å². The minimum atomic E-state index is -0.203. The summed E-state index contributed by atoms with van der Waals surface area (Å²) in [6.07, 6.45) is 1.71. The number of hydrogen-bond donors (Lipinski definition) is 1. The largest absolute Gasteiger partial charge is 0.272 e. The Bertz CT molecular complexity index is 751. The van der Waals surface area contributed by atoms with Crippen LogP contribution in [0.15, 0.2) is 46.4 Å². The Labute approximate surface area is 148 Å². The quantitative estimate of drug-likeness (QED) is 0.493. The fraction of sp³-hybridized carbons (Fsp3) is 0.300. The van der Waals surface area contributed by atoms with Crippen molar-refractivity contribution in [2.45, 2.75) is 44.8 Å². The van der Waals surface area contributed by atoms with E-state index in [1.54, 1.807) is 6.21 Å². The second-order valence-electron chi connectivity index (χ2n) is 6.03. The minimum absolute atomic E-state index is 0.0988. The normalized spacial score (nSPS) is 12.4. The molecule has 0 aromatic heterocycles. The van der Waals surface area contributed by atoms with Gasteiger partial charge < -0.3 is 0 Å². The molecule has 0 fully saturated rings. The van der Waals surface area contributed by atoms with E-state index in [2.05, 4.69) is 37.4 Å². The molecule has 0 aliphatic carbocycles. The number of carbonyl (C=O) groups is 1. The number of hydrazone groups is 1. The van der Waals surface area contributed by atoms with E-state index in [1.165, 1.54) is 34.0 Å². The van der Waals surface area contributed by atoms with Crippen LogP contribution in [0, 0.1) is 27.7 Å². The summed E-state index contributed by atoms with van der Waals surface area (Å²) < 4.78 is 0. The predicted octanol–water partition coefficient (Wildman–Crippen LogP) is 4.55. The van der Waals surface area contributed by atoms with Crippen molar-refractivity contribution in [2.75, 3.05) is 0 Å². The highest BCUT2D eigenvalue weighted by Crippen LogP contribution is 2.23. The lowest BCUT2D eigenvalue weighted by Crippen LogP contribution is -2.26. The number of nitrogens with one attached hydrogen (secondary N) is 1. The third-order valence-corrected chi connectivity index (χ3v) is 5.29. The molecule has 0 aliphatic rings. The van der Waals surface area contributed by atoms with Gasteiger partial charge in [-0.3, -0.25) is 4.79 Å². The van der Waals surface area contributed by atoms with Gasteiger partial charge in [-0.1, -0.05) is 29.8 Å². The Morgan fingerprint density at radius 1 is 1.04 bits per heavy atom. The Hall–Kier alpha value is -2.07. The zero-order chi connectivity index (χ0) is 17.7. The van der Waals surface area contributed by atoms with Crippen molar-refractivity contribution in [3.05, 3.63) is 64.2 Å². The van der Waals surface area contributed by atoms with E-state index in [9.17, 15) is 4.79 Å². The molecule has 0 aliphatic heterocycles. The molecule has 0 unspecified atom stereocenters. The molecule has 0 heterocycles. The Balaban J connectivity index is 1.94. The van der Waals surface area contributed by atoms with Crippen LogP contribution in [-0.4, -0.2) is 17.4 Å². The number of thioether (sulfide) groups is 1. The number of amides is 1. The number of carbonyl (C=O) groups excluding carboxylic acids is 1. The molecule has 24 heavy (non-hydrogen) atoms. The number of hydrogen-bond acceptors (Lipinski definition) is 3. The number of benzene rings is 2. The molecule has 0 saturated carbocycles. The lowest BCUT2D eigenvalue weighted by atomic mass is 10.00. The molecule has 0 bridgehead atoms. The highest BCUT2D eigenvalue weighted by Gasteiger charge is 2.13. The van der Waals surface area contributed by atoms with Gasteiger partial charge >= 0.3 is 0 Å². The van der Waals surface area contributed by atoms with Crippen LogP contribution in [0.5, 0.6) is 0 Å². The predicted molar refractivity (Wildman–Crippen MR) is 103 cm³/mol. The summed E-state index contributed by atoms with van der Waals surface area (Å²) in [4.78, 5) is 13.2. The SMILES string of the molecule is Cc1ccc(S[C@H](C)C(=O)N/N=C\c2ccc(C)c(C)c2C)cc1. The molecule has 1 N–H and O–H groups in total. The third kappa shape index (κ3) is 4.71. The van der Waals surface area contributed by atoms with Gasteiger partial charge in [0.25, 0.3) is 5.91 Å². The van der Waals surface area contributed by atoms with Gasteiger partial charge in [-0.2, -0.15) is 5.10 Å². The van der Waals surface area contributed by atoms with Crippen LogP contribution in [0.4, 0.5) is 0 Å². The fourth-order valence-corrected chi connectivity index (χ4v) is 3.11. The number of rotatable bonds is 5. The van der Waals surface area contributed by atoms with Crippen molar-refractivity contribution in [1.29, 1.82) is 0 Å². The van der Waals surface area contributed by atoms with E-state index in [0.717, 1.165) is 10.5 Å². The summed E-state index contributed by atoms with van der Waals surface area (Å²) in [5.74, 6) is -0.0988. The van der Waals surface area contributed by atoms with Crippen LogP contribution in [0.2, 0.25) is 0 Å². The monoisotopic (exact) mass is 340 g/mol. The van der Waals surface area contributed by atoms with Crippen molar-refractivity contribution in [3.8, 4) is 0 Å². The van der Waals surface area contributed by atoms with E-state index < -0.39 is 0 Å². The van der Waals surface area contributed by atoms with Gasteiger partial charge in [-0.05, 0) is 69.0 Å². The molecule has 0 spiro atoms. The van der Waals surface area contributed by atoms with Gasteiger partial charge in [0.1, 0.15) is 0 Å².